The number of hydrogen-bond acceptors (Lipinski definition) is 7. The molecule has 0 spiro atoms. The molecule has 3 rings (SSSR count). The van der Waals surface area contributed by atoms with Crippen molar-refractivity contribution in [3.63, 3.8) is 0 Å². The maximum atomic E-state index is 13.7. The van der Waals surface area contributed by atoms with Crippen LogP contribution in [-0.4, -0.2) is 41.3 Å². The van der Waals surface area contributed by atoms with E-state index in [9.17, 15) is 13.2 Å². The van der Waals surface area contributed by atoms with Crippen LogP contribution in [0, 0.1) is 20.8 Å². The van der Waals surface area contributed by atoms with Crippen LogP contribution >= 0.6 is 11.3 Å². The van der Waals surface area contributed by atoms with Gasteiger partial charge in [0.25, 0.3) is 15.9 Å². The highest BCUT2D eigenvalue weighted by Gasteiger charge is 2.28. The normalized spacial score (nSPS) is 11.4. The van der Waals surface area contributed by atoms with Gasteiger partial charge in [-0.15, -0.1) is 11.3 Å². The van der Waals surface area contributed by atoms with Gasteiger partial charge < -0.3 is 9.47 Å². The highest BCUT2D eigenvalue weighted by atomic mass is 32.2. The van der Waals surface area contributed by atoms with E-state index in [4.69, 9.17) is 9.47 Å². The van der Waals surface area contributed by atoms with Gasteiger partial charge in [0, 0.05) is 10.9 Å². The Balaban J connectivity index is 1.96. The van der Waals surface area contributed by atoms with Crippen LogP contribution in [-0.2, 0) is 14.8 Å². The number of aryl methyl sites for hydroxylation is 3. The first kappa shape index (κ1) is 25.3. The smallest absolute Gasteiger partial charge is 0.264 e. The summed E-state index contributed by atoms with van der Waals surface area (Å²) in [7, 11) is -1.23. The molecule has 1 N–H and O–H groups in total. The fraction of sp³-hybridized carbons (Fsp3) is 0.250. The van der Waals surface area contributed by atoms with E-state index in [1.165, 1.54) is 43.8 Å². The van der Waals surface area contributed by atoms with Gasteiger partial charge >= 0.3 is 0 Å². The van der Waals surface area contributed by atoms with E-state index in [0.29, 0.717) is 11.4 Å². The van der Waals surface area contributed by atoms with Crippen molar-refractivity contribution in [3.05, 3.63) is 69.4 Å². The Hall–Kier alpha value is -3.37. The third-order valence-corrected chi connectivity index (χ3v) is 7.72. The number of sulfonamides is 1. The standard InChI is InChI=1S/C24H27N3O5S2/c1-16-10-17(2)12-19(11-16)27(15-24(28)26-25-14-23-18(3)8-9-33-23)34(29,30)20-6-7-21(31-4)22(13-20)32-5/h6-14H,15H2,1-5H3,(H,26,28)/b25-14-. The molecule has 3 aromatic rings. The molecular weight excluding hydrogens is 474 g/mol. The Kier molecular flexibility index (Phi) is 7.95. The molecule has 0 aliphatic carbocycles. The number of ether oxygens (including phenoxy) is 2. The first-order valence-corrected chi connectivity index (χ1v) is 12.7. The van der Waals surface area contributed by atoms with Crippen molar-refractivity contribution in [2.75, 3.05) is 25.1 Å². The molecule has 8 nitrogen and oxygen atoms in total. The Labute approximate surface area is 203 Å². The molecule has 1 aromatic heterocycles. The Morgan fingerprint density at radius 1 is 1.03 bits per heavy atom. The molecule has 10 heteroatoms. The summed E-state index contributed by atoms with van der Waals surface area (Å²) in [6.07, 6.45) is 1.54. The van der Waals surface area contributed by atoms with Gasteiger partial charge in [0.15, 0.2) is 11.5 Å². The molecule has 0 saturated carbocycles. The van der Waals surface area contributed by atoms with Crippen LogP contribution in [0.2, 0.25) is 0 Å². The molecule has 0 saturated heterocycles. The topological polar surface area (TPSA) is 97.3 Å². The lowest BCUT2D eigenvalue weighted by molar-refractivity contribution is -0.119. The number of hydrazone groups is 1. The van der Waals surface area contributed by atoms with Crippen LogP contribution in [0.5, 0.6) is 11.5 Å². The zero-order chi connectivity index (χ0) is 24.9. The minimum absolute atomic E-state index is 0.0326. The van der Waals surface area contributed by atoms with Gasteiger partial charge in [-0.2, -0.15) is 5.10 Å². The van der Waals surface area contributed by atoms with Crippen LogP contribution in [0.25, 0.3) is 0 Å². The molecule has 0 aliphatic rings. The van der Waals surface area contributed by atoms with Gasteiger partial charge in [0.1, 0.15) is 6.54 Å². The van der Waals surface area contributed by atoms with Crippen molar-refractivity contribution >= 4 is 39.2 Å². The van der Waals surface area contributed by atoms with Gasteiger partial charge in [0.2, 0.25) is 0 Å². The number of nitrogens with zero attached hydrogens (tertiary/aromatic N) is 2. The van der Waals surface area contributed by atoms with Crippen LogP contribution in [0.4, 0.5) is 5.69 Å². The van der Waals surface area contributed by atoms with E-state index in [1.54, 1.807) is 18.3 Å². The number of methoxy groups -OCH3 is 2. The minimum Gasteiger partial charge on any atom is -0.493 e. The third-order valence-electron chi connectivity index (χ3n) is 5.00. The van der Waals surface area contributed by atoms with Crippen molar-refractivity contribution in [1.82, 2.24) is 5.43 Å². The van der Waals surface area contributed by atoms with Crippen molar-refractivity contribution < 1.29 is 22.7 Å². The molecule has 0 atom stereocenters. The number of anilines is 1. The number of amides is 1. The zero-order valence-electron chi connectivity index (χ0n) is 19.7. The number of hydrogen-bond donors (Lipinski definition) is 1. The lowest BCUT2D eigenvalue weighted by atomic mass is 10.1. The summed E-state index contributed by atoms with van der Waals surface area (Å²) >= 11 is 1.49. The molecule has 1 heterocycles. The maximum Gasteiger partial charge on any atom is 0.264 e. The van der Waals surface area contributed by atoms with Crippen molar-refractivity contribution in [2.24, 2.45) is 5.10 Å². The lowest BCUT2D eigenvalue weighted by Gasteiger charge is -2.25. The summed E-state index contributed by atoms with van der Waals surface area (Å²) in [5.41, 5.74) is 5.58. The number of carbonyl (C=O) groups is 1. The largest absolute Gasteiger partial charge is 0.493 e. The molecule has 0 radical (unpaired) electrons. The van der Waals surface area contributed by atoms with E-state index in [-0.39, 0.29) is 10.6 Å². The van der Waals surface area contributed by atoms with E-state index in [1.807, 2.05) is 38.3 Å². The van der Waals surface area contributed by atoms with E-state index in [2.05, 4.69) is 10.5 Å². The summed E-state index contributed by atoms with van der Waals surface area (Å²) < 4.78 is 38.9. The average molecular weight is 502 g/mol. The average Bonchev–Trinajstić information content (AvgIpc) is 3.20. The highest BCUT2D eigenvalue weighted by molar-refractivity contribution is 7.92. The lowest BCUT2D eigenvalue weighted by Crippen LogP contribution is -2.39. The third kappa shape index (κ3) is 5.75. The fourth-order valence-electron chi connectivity index (χ4n) is 3.36. The Morgan fingerprint density at radius 2 is 1.71 bits per heavy atom. The summed E-state index contributed by atoms with van der Waals surface area (Å²) in [6, 6.07) is 11.6. The summed E-state index contributed by atoms with van der Waals surface area (Å²) in [4.78, 5) is 13.6. The molecule has 34 heavy (non-hydrogen) atoms. The van der Waals surface area contributed by atoms with Crippen molar-refractivity contribution in [2.45, 2.75) is 25.7 Å². The number of nitrogens with one attached hydrogen (secondary N) is 1. The van der Waals surface area contributed by atoms with Crippen molar-refractivity contribution in [3.8, 4) is 11.5 Å². The maximum absolute atomic E-state index is 13.7. The van der Waals surface area contributed by atoms with Gasteiger partial charge in [0.05, 0.1) is 31.0 Å². The number of rotatable bonds is 9. The molecule has 0 bridgehead atoms. The second-order valence-electron chi connectivity index (χ2n) is 7.64. The van der Waals surface area contributed by atoms with Gasteiger partial charge in [-0.05, 0) is 73.2 Å². The molecule has 0 fully saturated rings. The molecule has 2 aromatic carbocycles. The Morgan fingerprint density at radius 3 is 2.29 bits per heavy atom. The quantitative estimate of drug-likeness (QED) is 0.353. The van der Waals surface area contributed by atoms with E-state index >= 15 is 0 Å². The van der Waals surface area contributed by atoms with Gasteiger partial charge in [-0.3, -0.25) is 9.10 Å². The SMILES string of the molecule is COc1ccc(S(=O)(=O)N(CC(=O)N/N=C\c2sccc2C)c2cc(C)cc(C)c2)cc1OC. The molecule has 0 aliphatic heterocycles. The fourth-order valence-corrected chi connectivity index (χ4v) is 5.57. The first-order valence-electron chi connectivity index (χ1n) is 10.3. The number of benzene rings is 2. The molecule has 180 valence electrons. The Bertz CT molecular complexity index is 1300. The van der Waals surface area contributed by atoms with E-state index < -0.39 is 22.5 Å². The summed E-state index contributed by atoms with van der Waals surface area (Å²) in [5.74, 6) is 0.0911. The summed E-state index contributed by atoms with van der Waals surface area (Å²) in [6.45, 7) is 5.22. The van der Waals surface area contributed by atoms with Crippen LogP contribution in [0.1, 0.15) is 21.6 Å². The number of carbonyl (C=O) groups excluding carboxylic acids is 1. The van der Waals surface area contributed by atoms with Crippen LogP contribution < -0.4 is 19.2 Å². The molecule has 1 amide bonds. The number of thiophene rings is 1. The zero-order valence-corrected chi connectivity index (χ0v) is 21.3. The predicted molar refractivity (Wildman–Crippen MR) is 135 cm³/mol. The minimum atomic E-state index is -4.13. The summed E-state index contributed by atoms with van der Waals surface area (Å²) in [5, 5.41) is 5.92. The van der Waals surface area contributed by atoms with Gasteiger partial charge in [-0.25, -0.2) is 13.8 Å². The molecular formula is C24H27N3O5S2. The molecule has 0 unspecified atom stereocenters. The van der Waals surface area contributed by atoms with Gasteiger partial charge in [-0.1, -0.05) is 6.07 Å². The predicted octanol–water partition coefficient (Wildman–Crippen LogP) is 4.04. The first-order chi connectivity index (χ1) is 16.1. The van der Waals surface area contributed by atoms with Crippen LogP contribution in [0.15, 0.2) is 57.8 Å². The highest BCUT2D eigenvalue weighted by Crippen LogP contribution is 2.32. The monoisotopic (exact) mass is 501 g/mol. The second-order valence-corrected chi connectivity index (χ2v) is 10.4. The van der Waals surface area contributed by atoms with E-state index in [0.717, 1.165) is 25.9 Å². The van der Waals surface area contributed by atoms with Crippen molar-refractivity contribution in [1.29, 1.82) is 0 Å². The van der Waals surface area contributed by atoms with Crippen LogP contribution in [0.3, 0.4) is 0 Å². The second kappa shape index (κ2) is 10.7.